The molecule has 3 nitrogen and oxygen atoms in total. The largest absolute Gasteiger partial charge is 0.353 e. The Balaban J connectivity index is 1.48. The molecule has 1 saturated carbocycles. The van der Waals surface area contributed by atoms with Gasteiger partial charge in [-0.25, -0.2) is 8.78 Å². The van der Waals surface area contributed by atoms with Gasteiger partial charge in [0.15, 0.2) is 11.6 Å². The molecule has 2 aliphatic rings. The van der Waals surface area contributed by atoms with Crippen LogP contribution >= 0.6 is 0 Å². The summed E-state index contributed by atoms with van der Waals surface area (Å²) in [5.41, 5.74) is 0.773. The van der Waals surface area contributed by atoms with E-state index in [9.17, 15) is 13.6 Å². The molecule has 1 amide bonds. The van der Waals surface area contributed by atoms with Crippen molar-refractivity contribution in [1.29, 1.82) is 0 Å². The van der Waals surface area contributed by atoms with Crippen molar-refractivity contribution in [2.24, 2.45) is 5.92 Å². The quantitative estimate of drug-likeness (QED) is 0.925. The molecule has 0 unspecified atom stereocenters. The Morgan fingerprint density at radius 2 is 1.86 bits per heavy atom. The highest BCUT2D eigenvalue weighted by Crippen LogP contribution is 2.23. The van der Waals surface area contributed by atoms with E-state index in [2.05, 4.69) is 10.2 Å². The van der Waals surface area contributed by atoms with E-state index in [4.69, 9.17) is 0 Å². The molecule has 2 fully saturated rings. The fourth-order valence-corrected chi connectivity index (χ4v) is 2.80. The maximum Gasteiger partial charge on any atom is 0.223 e. The normalized spacial score (nSPS) is 20.5. The average Bonchev–Trinajstić information content (AvgIpc) is 3.28. The van der Waals surface area contributed by atoms with Gasteiger partial charge in [0.05, 0.1) is 0 Å². The Morgan fingerprint density at radius 3 is 2.48 bits per heavy atom. The van der Waals surface area contributed by atoms with Crippen LogP contribution in [0.5, 0.6) is 0 Å². The molecule has 1 N–H and O–H groups in total. The van der Waals surface area contributed by atoms with E-state index in [1.165, 1.54) is 12.1 Å². The number of likely N-dealkylation sites (tertiary alicyclic amines) is 1. The van der Waals surface area contributed by atoms with Crippen molar-refractivity contribution in [2.75, 3.05) is 13.1 Å². The molecule has 5 heteroatoms. The lowest BCUT2D eigenvalue weighted by Gasteiger charge is -2.31. The van der Waals surface area contributed by atoms with Crippen molar-refractivity contribution >= 4 is 5.91 Å². The Bertz CT molecular complexity index is 523. The minimum absolute atomic E-state index is 0.104. The van der Waals surface area contributed by atoms with E-state index >= 15 is 0 Å². The first-order valence-corrected chi connectivity index (χ1v) is 7.58. The van der Waals surface area contributed by atoms with Gasteiger partial charge in [-0.1, -0.05) is 6.07 Å². The maximum absolute atomic E-state index is 13.2. The summed E-state index contributed by atoms with van der Waals surface area (Å²) in [4.78, 5) is 14.2. The average molecular weight is 294 g/mol. The van der Waals surface area contributed by atoms with Crippen LogP contribution in [-0.4, -0.2) is 29.9 Å². The van der Waals surface area contributed by atoms with Gasteiger partial charge in [0.2, 0.25) is 5.91 Å². The number of carbonyl (C=O) groups excluding carboxylic acids is 1. The molecule has 1 aromatic carbocycles. The van der Waals surface area contributed by atoms with E-state index in [1.807, 2.05) is 0 Å². The van der Waals surface area contributed by atoms with Crippen LogP contribution in [0.4, 0.5) is 8.78 Å². The maximum atomic E-state index is 13.2. The molecule has 1 aromatic rings. The fourth-order valence-electron chi connectivity index (χ4n) is 2.80. The van der Waals surface area contributed by atoms with Gasteiger partial charge in [0.25, 0.3) is 0 Å². The number of nitrogens with one attached hydrogen (secondary N) is 1. The summed E-state index contributed by atoms with van der Waals surface area (Å²) in [5.74, 6) is -1.32. The summed E-state index contributed by atoms with van der Waals surface area (Å²) in [5, 5.41) is 3.05. The Hall–Kier alpha value is -1.49. The highest BCUT2D eigenvalue weighted by atomic mass is 19.2. The summed E-state index contributed by atoms with van der Waals surface area (Å²) in [7, 11) is 0. The Morgan fingerprint density at radius 1 is 1.14 bits per heavy atom. The SMILES string of the molecule is O=C(NC1CC1)C1CCN(Cc2ccc(F)c(F)c2)CC1. The lowest BCUT2D eigenvalue weighted by atomic mass is 9.95. The molecule has 3 rings (SSSR count). The number of benzene rings is 1. The molecule has 0 aromatic heterocycles. The number of hydrogen-bond acceptors (Lipinski definition) is 2. The van der Waals surface area contributed by atoms with Crippen LogP contribution in [0.25, 0.3) is 0 Å². The van der Waals surface area contributed by atoms with Crippen molar-refractivity contribution in [1.82, 2.24) is 10.2 Å². The number of amides is 1. The Labute approximate surface area is 123 Å². The predicted octanol–water partition coefficient (Wildman–Crippen LogP) is 2.46. The number of halogens is 2. The smallest absolute Gasteiger partial charge is 0.223 e. The first kappa shape index (κ1) is 14.4. The third-order valence-electron chi connectivity index (χ3n) is 4.27. The van der Waals surface area contributed by atoms with Gasteiger partial charge in [-0.15, -0.1) is 0 Å². The molecule has 0 spiro atoms. The van der Waals surface area contributed by atoms with E-state index < -0.39 is 11.6 Å². The van der Waals surface area contributed by atoms with Gasteiger partial charge in [-0.3, -0.25) is 9.69 Å². The van der Waals surface area contributed by atoms with Gasteiger partial charge in [0.1, 0.15) is 0 Å². The molecule has 0 bridgehead atoms. The standard InChI is InChI=1S/C16H20F2N2O/c17-14-4-1-11(9-15(14)18)10-20-7-5-12(6-8-20)16(21)19-13-2-3-13/h1,4,9,12-13H,2-3,5-8,10H2,(H,19,21). The molecule has 114 valence electrons. The lowest BCUT2D eigenvalue weighted by Crippen LogP contribution is -2.40. The predicted molar refractivity (Wildman–Crippen MR) is 75.5 cm³/mol. The van der Waals surface area contributed by atoms with Crippen molar-refractivity contribution in [2.45, 2.75) is 38.3 Å². The monoisotopic (exact) mass is 294 g/mol. The van der Waals surface area contributed by atoms with Crippen LogP contribution in [-0.2, 0) is 11.3 Å². The number of nitrogens with zero attached hydrogens (tertiary/aromatic N) is 1. The van der Waals surface area contributed by atoms with Crippen LogP contribution in [0.15, 0.2) is 18.2 Å². The van der Waals surface area contributed by atoms with Crippen LogP contribution in [0, 0.1) is 17.6 Å². The molecule has 21 heavy (non-hydrogen) atoms. The van der Waals surface area contributed by atoms with E-state index in [0.717, 1.165) is 44.3 Å². The van der Waals surface area contributed by atoms with Crippen LogP contribution in [0.2, 0.25) is 0 Å². The Kier molecular flexibility index (Phi) is 4.19. The van der Waals surface area contributed by atoms with Gasteiger partial charge >= 0.3 is 0 Å². The summed E-state index contributed by atoms with van der Waals surface area (Å²) in [6.07, 6.45) is 3.89. The van der Waals surface area contributed by atoms with E-state index in [0.29, 0.717) is 12.6 Å². The van der Waals surface area contributed by atoms with Crippen molar-refractivity contribution in [3.8, 4) is 0 Å². The van der Waals surface area contributed by atoms with Gasteiger partial charge in [-0.2, -0.15) is 0 Å². The second-order valence-electron chi connectivity index (χ2n) is 6.08. The minimum Gasteiger partial charge on any atom is -0.353 e. The number of hydrogen-bond donors (Lipinski definition) is 1. The molecule has 1 aliphatic heterocycles. The highest BCUT2D eigenvalue weighted by Gasteiger charge is 2.29. The van der Waals surface area contributed by atoms with E-state index in [1.54, 1.807) is 6.07 Å². The third kappa shape index (κ3) is 3.79. The zero-order valence-corrected chi connectivity index (χ0v) is 11.9. The molecule has 1 aliphatic carbocycles. The zero-order chi connectivity index (χ0) is 14.8. The first-order chi connectivity index (χ1) is 10.1. The number of piperidine rings is 1. The van der Waals surface area contributed by atoms with E-state index in [-0.39, 0.29) is 11.8 Å². The summed E-state index contributed by atoms with van der Waals surface area (Å²) < 4.78 is 26.1. The zero-order valence-electron chi connectivity index (χ0n) is 11.9. The minimum atomic E-state index is -0.811. The highest BCUT2D eigenvalue weighted by molar-refractivity contribution is 5.79. The van der Waals surface area contributed by atoms with Crippen LogP contribution in [0.1, 0.15) is 31.2 Å². The molecular formula is C16H20F2N2O. The van der Waals surface area contributed by atoms with Gasteiger partial charge < -0.3 is 5.32 Å². The van der Waals surface area contributed by atoms with Crippen LogP contribution < -0.4 is 5.32 Å². The lowest BCUT2D eigenvalue weighted by molar-refractivity contribution is -0.126. The second-order valence-corrected chi connectivity index (χ2v) is 6.08. The fraction of sp³-hybridized carbons (Fsp3) is 0.562. The molecular weight excluding hydrogens is 274 g/mol. The van der Waals surface area contributed by atoms with Crippen molar-refractivity contribution in [3.63, 3.8) is 0 Å². The molecule has 0 atom stereocenters. The van der Waals surface area contributed by atoms with Crippen LogP contribution in [0.3, 0.4) is 0 Å². The number of rotatable bonds is 4. The topological polar surface area (TPSA) is 32.3 Å². The number of carbonyl (C=O) groups is 1. The van der Waals surface area contributed by atoms with Crippen molar-refractivity contribution in [3.05, 3.63) is 35.4 Å². The first-order valence-electron chi connectivity index (χ1n) is 7.58. The summed E-state index contributed by atoms with van der Waals surface area (Å²) >= 11 is 0. The molecule has 1 saturated heterocycles. The second kappa shape index (κ2) is 6.10. The molecule has 0 radical (unpaired) electrons. The summed E-state index contributed by atoms with van der Waals surface area (Å²) in [6, 6.07) is 4.45. The molecule has 1 heterocycles. The van der Waals surface area contributed by atoms with Gasteiger partial charge in [-0.05, 0) is 56.5 Å². The third-order valence-corrected chi connectivity index (χ3v) is 4.27. The van der Waals surface area contributed by atoms with Crippen molar-refractivity contribution < 1.29 is 13.6 Å². The summed E-state index contributed by atoms with van der Waals surface area (Å²) in [6.45, 7) is 2.25. The van der Waals surface area contributed by atoms with Gasteiger partial charge in [0, 0.05) is 18.5 Å².